The van der Waals surface area contributed by atoms with Gasteiger partial charge < -0.3 is 0 Å². The first-order valence-corrected chi connectivity index (χ1v) is 17.2. The molecule has 2 fully saturated rings. The normalized spacial score (nSPS) is 24.0. The SMILES string of the molecule is O=C1CCCCCCCCC(=O)[O][Pb]2([O]1)[O]C(=O)CCCCCCCCC(=O)[O]2. The van der Waals surface area contributed by atoms with E-state index >= 15 is 0 Å². The topological polar surface area (TPSA) is 105 Å². The molecule has 0 aromatic rings. The molecule has 0 aromatic carbocycles. The number of rotatable bonds is 0. The number of carbonyl (C=O) groups excluding carboxylic acids is 4. The zero-order valence-corrected chi connectivity index (χ0v) is 21.0. The zero-order valence-electron chi connectivity index (χ0n) is 17.1. The molecule has 0 unspecified atom stereocenters. The molecule has 0 atom stereocenters. The summed E-state index contributed by atoms with van der Waals surface area (Å²) in [5.41, 5.74) is 0. The van der Waals surface area contributed by atoms with Crippen LogP contribution in [0, 0.1) is 0 Å². The van der Waals surface area contributed by atoms with Crippen LogP contribution in [0.4, 0.5) is 0 Å². The fourth-order valence-corrected chi connectivity index (χ4v) is 10.3. The van der Waals surface area contributed by atoms with Crippen molar-refractivity contribution in [2.24, 2.45) is 0 Å². The molecule has 0 aliphatic carbocycles. The molecule has 2 heterocycles. The molecule has 0 bridgehead atoms. The Balaban J connectivity index is 2.22. The molecule has 0 N–H and O–H groups in total. The molecule has 9 heteroatoms. The second-order valence-electron chi connectivity index (χ2n) is 7.64. The molecule has 0 amide bonds. The van der Waals surface area contributed by atoms with Crippen LogP contribution in [-0.2, 0) is 29.9 Å². The summed E-state index contributed by atoms with van der Waals surface area (Å²) in [5.74, 6) is -2.60. The van der Waals surface area contributed by atoms with Crippen molar-refractivity contribution in [1.29, 1.82) is 0 Å². The van der Waals surface area contributed by atoms with Gasteiger partial charge in [-0.05, 0) is 0 Å². The minimum absolute atomic E-state index is 0.106. The van der Waals surface area contributed by atoms with Crippen molar-refractivity contribution < 1.29 is 29.9 Å². The fourth-order valence-electron chi connectivity index (χ4n) is 3.38. The van der Waals surface area contributed by atoms with Crippen LogP contribution in [0.1, 0.15) is 103 Å². The number of carbonyl (C=O) groups is 4. The molecule has 2 aliphatic rings. The van der Waals surface area contributed by atoms with Gasteiger partial charge in [0.1, 0.15) is 0 Å². The summed E-state index contributed by atoms with van der Waals surface area (Å²) in [6.07, 6.45) is 10.3. The third-order valence-corrected chi connectivity index (χ3v) is 12.4. The third-order valence-electron chi connectivity index (χ3n) is 4.98. The molecule has 0 saturated carbocycles. The van der Waals surface area contributed by atoms with Crippen molar-refractivity contribution in [2.45, 2.75) is 103 Å². The van der Waals surface area contributed by atoms with Crippen LogP contribution in [0.3, 0.4) is 0 Å². The van der Waals surface area contributed by atoms with Gasteiger partial charge >= 0.3 is 180 Å². The van der Waals surface area contributed by atoms with Gasteiger partial charge in [-0.25, -0.2) is 0 Å². The molecule has 2 rings (SSSR count). The summed E-state index contributed by atoms with van der Waals surface area (Å²) in [6.45, 7) is 0. The van der Waals surface area contributed by atoms with E-state index in [-0.39, 0.29) is 25.7 Å². The monoisotopic (exact) mass is 608 g/mol. The predicted molar refractivity (Wildman–Crippen MR) is 104 cm³/mol. The summed E-state index contributed by atoms with van der Waals surface area (Å²) < 4.78 is 21.6. The summed E-state index contributed by atoms with van der Waals surface area (Å²) in [4.78, 5) is 49.5. The first-order valence-electron chi connectivity index (χ1n) is 10.9. The van der Waals surface area contributed by atoms with Crippen molar-refractivity contribution in [1.82, 2.24) is 0 Å². The summed E-state index contributed by atoms with van der Waals surface area (Å²) in [5, 5.41) is 0. The quantitative estimate of drug-likeness (QED) is 0.383. The average Bonchev–Trinajstić information content (AvgIpc) is 2.66. The van der Waals surface area contributed by atoms with Gasteiger partial charge in [-0.3, -0.25) is 0 Å². The molecule has 0 radical (unpaired) electrons. The Morgan fingerprint density at radius 3 is 0.828 bits per heavy atom. The van der Waals surface area contributed by atoms with E-state index in [1.54, 1.807) is 0 Å². The van der Waals surface area contributed by atoms with Crippen molar-refractivity contribution in [3.8, 4) is 0 Å². The Morgan fingerprint density at radius 2 is 0.586 bits per heavy atom. The minimum atomic E-state index is -5.70. The van der Waals surface area contributed by atoms with E-state index in [9.17, 15) is 19.2 Å². The van der Waals surface area contributed by atoms with Crippen LogP contribution in [0.25, 0.3) is 0 Å². The first kappa shape index (κ1) is 24.1. The standard InChI is InChI=1S/2C10H18O4.Pb/c2*11-9(12)7-5-3-1-2-4-6-8-10(13)14;/h2*1-8H2,(H,11,12)(H,13,14);/q;;+4/p-4. The van der Waals surface area contributed by atoms with E-state index in [0.29, 0.717) is 25.7 Å². The fraction of sp³-hybridized carbons (Fsp3) is 0.800. The van der Waals surface area contributed by atoms with Gasteiger partial charge in [0, 0.05) is 0 Å². The molecule has 1 spiro atoms. The molecule has 29 heavy (non-hydrogen) atoms. The van der Waals surface area contributed by atoms with Gasteiger partial charge in [0.15, 0.2) is 0 Å². The average molecular weight is 608 g/mol. The molecule has 2 aliphatic heterocycles. The molecule has 0 aromatic heterocycles. The van der Waals surface area contributed by atoms with Crippen LogP contribution in [0.15, 0.2) is 0 Å². The van der Waals surface area contributed by atoms with Crippen LogP contribution in [0.2, 0.25) is 0 Å². The Hall–Kier alpha value is -1.20. The molecule has 2 saturated heterocycles. The van der Waals surface area contributed by atoms with Crippen LogP contribution >= 0.6 is 0 Å². The van der Waals surface area contributed by atoms with Crippen molar-refractivity contribution in [3.05, 3.63) is 0 Å². The van der Waals surface area contributed by atoms with Gasteiger partial charge in [-0.1, -0.05) is 0 Å². The molecular weight excluding hydrogens is 575 g/mol. The van der Waals surface area contributed by atoms with E-state index in [1.807, 2.05) is 0 Å². The van der Waals surface area contributed by atoms with Gasteiger partial charge in [0.25, 0.3) is 0 Å². The van der Waals surface area contributed by atoms with Gasteiger partial charge in [-0.15, -0.1) is 0 Å². The number of hydrogen-bond acceptors (Lipinski definition) is 8. The second-order valence-corrected chi connectivity index (χ2v) is 14.7. The van der Waals surface area contributed by atoms with Crippen LogP contribution in [0.5, 0.6) is 0 Å². The maximum absolute atomic E-state index is 12.4. The van der Waals surface area contributed by atoms with Gasteiger partial charge in [0.2, 0.25) is 0 Å². The van der Waals surface area contributed by atoms with Crippen molar-refractivity contribution in [2.75, 3.05) is 0 Å². The van der Waals surface area contributed by atoms with E-state index in [2.05, 4.69) is 0 Å². The molecular formula is C20H32O8Pb. The number of hydrogen-bond donors (Lipinski definition) is 0. The molecule has 8 nitrogen and oxygen atoms in total. The van der Waals surface area contributed by atoms with Crippen molar-refractivity contribution in [3.63, 3.8) is 0 Å². The van der Waals surface area contributed by atoms with E-state index in [0.717, 1.165) is 51.4 Å². The Bertz CT molecular complexity index is 475. The Morgan fingerprint density at radius 1 is 0.379 bits per heavy atom. The Kier molecular flexibility index (Phi) is 10.9. The van der Waals surface area contributed by atoms with E-state index < -0.39 is 46.9 Å². The Labute approximate surface area is 179 Å². The van der Waals surface area contributed by atoms with Crippen LogP contribution < -0.4 is 0 Å². The molecule has 164 valence electrons. The third kappa shape index (κ3) is 9.90. The summed E-state index contributed by atoms with van der Waals surface area (Å²) in [6, 6.07) is 0. The summed E-state index contributed by atoms with van der Waals surface area (Å²) >= 11 is -5.70. The summed E-state index contributed by atoms with van der Waals surface area (Å²) in [7, 11) is 0. The predicted octanol–water partition coefficient (Wildman–Crippen LogP) is 3.86. The van der Waals surface area contributed by atoms with Crippen LogP contribution in [-0.4, -0.2) is 46.9 Å². The van der Waals surface area contributed by atoms with E-state index in [1.165, 1.54) is 0 Å². The van der Waals surface area contributed by atoms with Crippen molar-refractivity contribution >= 4 is 46.9 Å². The van der Waals surface area contributed by atoms with Gasteiger partial charge in [-0.2, -0.15) is 0 Å². The van der Waals surface area contributed by atoms with Gasteiger partial charge in [0.05, 0.1) is 0 Å². The van der Waals surface area contributed by atoms with E-state index in [4.69, 9.17) is 10.7 Å². The first-order chi connectivity index (χ1) is 14.0. The maximum atomic E-state index is 12.4. The second kappa shape index (κ2) is 13.2. The zero-order chi connectivity index (χ0) is 21.0.